The summed E-state index contributed by atoms with van der Waals surface area (Å²) in [4.78, 5) is 31.2. The number of amides is 2. The Bertz CT molecular complexity index is 909. The molecule has 0 atom stereocenters. The van der Waals surface area contributed by atoms with Gasteiger partial charge in [-0.05, 0) is 33.8 Å². The Labute approximate surface area is 185 Å². The van der Waals surface area contributed by atoms with E-state index in [1.165, 1.54) is 20.3 Å². The van der Waals surface area contributed by atoms with E-state index < -0.39 is 11.7 Å². The number of halogens is 1. The smallest absolute Gasteiger partial charge is 0.270 e. The van der Waals surface area contributed by atoms with Gasteiger partial charge in [-0.2, -0.15) is 0 Å². The molecule has 0 aliphatic carbocycles. The summed E-state index contributed by atoms with van der Waals surface area (Å²) in [6.45, 7) is 9.63. The molecule has 1 aromatic heterocycles. The largest absolute Gasteiger partial charge is 0.493 e. The van der Waals surface area contributed by atoms with Crippen LogP contribution in [-0.2, 0) is 0 Å². The van der Waals surface area contributed by atoms with Crippen molar-refractivity contribution in [2.24, 2.45) is 0 Å². The van der Waals surface area contributed by atoms with Gasteiger partial charge in [0, 0.05) is 36.6 Å². The zero-order chi connectivity index (χ0) is 23.1. The number of carbonyl (C=O) groups excluding carboxylic acids is 2. The first-order valence-corrected chi connectivity index (χ1v) is 10.8. The molecule has 2 N–H and O–H groups in total. The van der Waals surface area contributed by atoms with Crippen molar-refractivity contribution in [1.29, 1.82) is 0 Å². The highest BCUT2D eigenvalue weighted by molar-refractivity contribution is 7.14. The molecule has 0 fully saturated rings. The zero-order valence-corrected chi connectivity index (χ0v) is 19.4. The minimum Gasteiger partial charge on any atom is -0.493 e. The highest BCUT2D eigenvalue weighted by atomic mass is 32.1. The predicted molar refractivity (Wildman–Crippen MR) is 119 cm³/mol. The van der Waals surface area contributed by atoms with E-state index in [1.54, 1.807) is 5.38 Å². The minimum atomic E-state index is -0.760. The number of anilines is 1. The second-order valence-corrected chi connectivity index (χ2v) is 8.22. The lowest BCUT2D eigenvalue weighted by atomic mass is 10.1. The molecular weight excluding hydrogens is 423 g/mol. The molecule has 2 rings (SSSR count). The molecule has 31 heavy (non-hydrogen) atoms. The Balaban J connectivity index is 2.00. The van der Waals surface area contributed by atoms with E-state index in [9.17, 15) is 14.0 Å². The fraction of sp³-hybridized carbons (Fsp3) is 0.476. The molecule has 10 heteroatoms. The van der Waals surface area contributed by atoms with Gasteiger partial charge in [-0.1, -0.05) is 0 Å². The molecule has 0 aliphatic heterocycles. The molecule has 1 aromatic carbocycles. The summed E-state index contributed by atoms with van der Waals surface area (Å²) in [5.41, 5.74) is -0.0324. The lowest BCUT2D eigenvalue weighted by molar-refractivity contribution is 0.0934. The van der Waals surface area contributed by atoms with E-state index in [4.69, 9.17) is 9.47 Å². The Hall–Kier alpha value is -2.72. The topological polar surface area (TPSA) is 92.8 Å². The third-order valence-corrected chi connectivity index (χ3v) is 5.42. The lowest BCUT2D eigenvalue weighted by Gasteiger charge is -2.30. The molecule has 0 saturated heterocycles. The van der Waals surface area contributed by atoms with E-state index in [0.29, 0.717) is 25.2 Å². The molecular formula is C21H29FN4O4S. The summed E-state index contributed by atoms with van der Waals surface area (Å²) in [6.07, 6.45) is 0. The fourth-order valence-corrected chi connectivity index (χ4v) is 3.82. The van der Waals surface area contributed by atoms with Crippen molar-refractivity contribution in [2.45, 2.75) is 39.8 Å². The van der Waals surface area contributed by atoms with Crippen LogP contribution in [-0.4, -0.2) is 61.1 Å². The van der Waals surface area contributed by atoms with Gasteiger partial charge >= 0.3 is 0 Å². The summed E-state index contributed by atoms with van der Waals surface area (Å²) in [7, 11) is 2.77. The number of nitrogens with one attached hydrogen (secondary N) is 2. The van der Waals surface area contributed by atoms with E-state index in [-0.39, 0.29) is 33.8 Å². The second-order valence-electron chi connectivity index (χ2n) is 7.36. The first-order valence-electron chi connectivity index (χ1n) is 9.90. The average molecular weight is 453 g/mol. The molecule has 0 aliphatic rings. The van der Waals surface area contributed by atoms with Crippen molar-refractivity contribution in [3.8, 4) is 11.5 Å². The first-order chi connectivity index (χ1) is 14.7. The van der Waals surface area contributed by atoms with Gasteiger partial charge < -0.3 is 14.8 Å². The number of nitrogens with zero attached hydrogens (tertiary/aromatic N) is 2. The summed E-state index contributed by atoms with van der Waals surface area (Å²) in [5, 5.41) is 7.08. The average Bonchev–Trinajstić information content (AvgIpc) is 3.18. The summed E-state index contributed by atoms with van der Waals surface area (Å²) < 4.78 is 24.4. The minimum absolute atomic E-state index is 0.179. The molecule has 0 bridgehead atoms. The molecule has 0 radical (unpaired) electrons. The number of aromatic nitrogens is 1. The van der Waals surface area contributed by atoms with Crippen molar-refractivity contribution in [3.63, 3.8) is 0 Å². The van der Waals surface area contributed by atoms with Crippen LogP contribution in [0, 0.1) is 5.82 Å². The Morgan fingerprint density at radius 1 is 1.10 bits per heavy atom. The van der Waals surface area contributed by atoms with Gasteiger partial charge in [-0.15, -0.1) is 11.3 Å². The number of thiazole rings is 1. The summed E-state index contributed by atoms with van der Waals surface area (Å²) >= 11 is 1.08. The zero-order valence-electron chi connectivity index (χ0n) is 18.6. The molecule has 2 aromatic rings. The van der Waals surface area contributed by atoms with Crippen LogP contribution in [0.15, 0.2) is 17.5 Å². The Morgan fingerprint density at radius 3 is 2.29 bits per heavy atom. The molecule has 2 amide bonds. The number of carbonyl (C=O) groups is 2. The Kier molecular flexibility index (Phi) is 8.76. The van der Waals surface area contributed by atoms with Gasteiger partial charge in [0.05, 0.1) is 19.8 Å². The maximum absolute atomic E-state index is 14.3. The third kappa shape index (κ3) is 6.38. The van der Waals surface area contributed by atoms with Crippen molar-refractivity contribution >= 4 is 28.3 Å². The fourth-order valence-electron chi connectivity index (χ4n) is 3.13. The lowest BCUT2D eigenvalue weighted by Crippen LogP contribution is -2.42. The van der Waals surface area contributed by atoms with E-state index in [2.05, 4.69) is 48.2 Å². The highest BCUT2D eigenvalue weighted by Crippen LogP contribution is 2.30. The molecule has 0 saturated carbocycles. The normalized spacial score (nSPS) is 11.2. The van der Waals surface area contributed by atoms with Crippen molar-refractivity contribution < 1.29 is 23.5 Å². The quantitative estimate of drug-likeness (QED) is 0.574. The predicted octanol–water partition coefficient (Wildman–Crippen LogP) is 3.40. The van der Waals surface area contributed by atoms with Gasteiger partial charge in [0.1, 0.15) is 11.5 Å². The van der Waals surface area contributed by atoms with E-state index >= 15 is 0 Å². The first kappa shape index (κ1) is 24.5. The second kappa shape index (κ2) is 11.1. The number of hydrogen-bond donors (Lipinski definition) is 2. The number of benzene rings is 1. The maximum Gasteiger partial charge on any atom is 0.270 e. The summed E-state index contributed by atoms with van der Waals surface area (Å²) in [6, 6.07) is 3.07. The van der Waals surface area contributed by atoms with Crippen molar-refractivity contribution in [2.75, 3.05) is 32.6 Å². The van der Waals surface area contributed by atoms with Crippen molar-refractivity contribution in [1.82, 2.24) is 15.2 Å². The standard InChI is InChI=1S/C21H29FN4O4S/c1-12(2)26(13(3)4)8-7-23-20(28)16-11-31-21(24-16)25-19(27)14-9-17(29-5)18(30-6)10-15(14)22/h9-13H,7-8H2,1-6H3,(H,23,28)(H,24,25,27). The number of methoxy groups -OCH3 is 2. The number of hydrogen-bond acceptors (Lipinski definition) is 7. The third-order valence-electron chi connectivity index (χ3n) is 4.66. The van der Waals surface area contributed by atoms with Crippen LogP contribution in [0.2, 0.25) is 0 Å². The van der Waals surface area contributed by atoms with Crippen LogP contribution in [0.25, 0.3) is 0 Å². The maximum atomic E-state index is 14.3. The van der Waals surface area contributed by atoms with Crippen LogP contribution >= 0.6 is 11.3 Å². The van der Waals surface area contributed by atoms with Gasteiger partial charge in [0.2, 0.25) is 0 Å². The molecule has 170 valence electrons. The highest BCUT2D eigenvalue weighted by Gasteiger charge is 2.19. The molecule has 8 nitrogen and oxygen atoms in total. The molecule has 0 unspecified atom stereocenters. The number of rotatable bonds is 10. The van der Waals surface area contributed by atoms with Crippen LogP contribution in [0.4, 0.5) is 9.52 Å². The van der Waals surface area contributed by atoms with Gasteiger partial charge in [0.25, 0.3) is 11.8 Å². The van der Waals surface area contributed by atoms with E-state index in [0.717, 1.165) is 17.4 Å². The van der Waals surface area contributed by atoms with Crippen LogP contribution < -0.4 is 20.1 Å². The van der Waals surface area contributed by atoms with Crippen LogP contribution in [0.5, 0.6) is 11.5 Å². The monoisotopic (exact) mass is 452 g/mol. The van der Waals surface area contributed by atoms with Crippen molar-refractivity contribution in [3.05, 3.63) is 34.6 Å². The van der Waals surface area contributed by atoms with Crippen LogP contribution in [0.1, 0.15) is 48.5 Å². The van der Waals surface area contributed by atoms with E-state index in [1.807, 2.05) is 0 Å². The SMILES string of the molecule is COc1cc(F)c(C(=O)Nc2nc(C(=O)NCCN(C(C)C)C(C)C)cs2)cc1OC. The van der Waals surface area contributed by atoms with Gasteiger partial charge in [0.15, 0.2) is 16.6 Å². The van der Waals surface area contributed by atoms with Crippen LogP contribution in [0.3, 0.4) is 0 Å². The molecule has 1 heterocycles. The Morgan fingerprint density at radius 2 is 1.71 bits per heavy atom. The van der Waals surface area contributed by atoms with Gasteiger partial charge in [-0.3, -0.25) is 19.8 Å². The summed E-state index contributed by atoms with van der Waals surface area (Å²) in [5.74, 6) is -1.39. The molecule has 0 spiro atoms. The van der Waals surface area contributed by atoms with Gasteiger partial charge in [-0.25, -0.2) is 9.37 Å². The number of ether oxygens (including phenoxy) is 2.